The minimum atomic E-state index is 0.400. The maximum Gasteiger partial charge on any atom is 0.193 e. The summed E-state index contributed by atoms with van der Waals surface area (Å²) < 4.78 is 2.05. The quantitative estimate of drug-likeness (QED) is 0.558. The first-order valence-electron chi connectivity index (χ1n) is 8.50. The predicted octanol–water partition coefficient (Wildman–Crippen LogP) is 2.34. The Morgan fingerprint density at radius 1 is 1.36 bits per heavy atom. The number of fused-ring (bicyclic) bond motifs is 1. The Kier molecular flexibility index (Phi) is 4.56. The number of para-hydroxylation sites is 1. The van der Waals surface area contributed by atoms with Gasteiger partial charge in [-0.15, -0.1) is 11.3 Å². The molecule has 4 rings (SSSR count). The van der Waals surface area contributed by atoms with Crippen LogP contribution in [0.2, 0.25) is 0 Å². The van der Waals surface area contributed by atoms with E-state index in [1.807, 2.05) is 23.0 Å². The van der Waals surface area contributed by atoms with E-state index in [1.54, 1.807) is 11.3 Å². The molecule has 0 aliphatic carbocycles. The van der Waals surface area contributed by atoms with Gasteiger partial charge in [0.05, 0.1) is 12.2 Å². The molecule has 1 saturated heterocycles. The van der Waals surface area contributed by atoms with E-state index in [1.165, 1.54) is 5.69 Å². The number of hydrogen-bond donors (Lipinski definition) is 2. The molecule has 1 unspecified atom stereocenters. The van der Waals surface area contributed by atoms with Gasteiger partial charge in [0.2, 0.25) is 0 Å². The van der Waals surface area contributed by atoms with Gasteiger partial charge in [0, 0.05) is 49.6 Å². The average molecular weight is 354 g/mol. The lowest BCUT2D eigenvalue weighted by atomic mass is 10.3. The van der Waals surface area contributed by atoms with Crippen molar-refractivity contribution in [3.63, 3.8) is 0 Å². The molecule has 3 aromatic rings. The Bertz CT molecular complexity index is 824. The second kappa shape index (κ2) is 7.14. The number of benzene rings is 1. The summed E-state index contributed by atoms with van der Waals surface area (Å²) >= 11 is 1.65. The lowest BCUT2D eigenvalue weighted by molar-refractivity contribution is 0.647. The van der Waals surface area contributed by atoms with Crippen LogP contribution in [0.1, 0.15) is 12.1 Å². The van der Waals surface area contributed by atoms with Gasteiger partial charge in [-0.2, -0.15) is 0 Å². The van der Waals surface area contributed by atoms with Gasteiger partial charge in [-0.25, -0.2) is 4.98 Å². The van der Waals surface area contributed by atoms with Gasteiger partial charge in [-0.3, -0.25) is 9.39 Å². The minimum Gasteiger partial charge on any atom is -0.369 e. The van der Waals surface area contributed by atoms with Crippen molar-refractivity contribution in [1.29, 1.82) is 0 Å². The highest BCUT2D eigenvalue weighted by molar-refractivity contribution is 7.15. The minimum absolute atomic E-state index is 0.400. The van der Waals surface area contributed by atoms with Crippen molar-refractivity contribution in [3.05, 3.63) is 53.8 Å². The van der Waals surface area contributed by atoms with Gasteiger partial charge in [-0.05, 0) is 18.6 Å². The van der Waals surface area contributed by atoms with Gasteiger partial charge < -0.3 is 15.5 Å². The lowest BCUT2D eigenvalue weighted by Gasteiger charge is -2.20. The van der Waals surface area contributed by atoms with Crippen LogP contribution in [0.3, 0.4) is 0 Å². The summed E-state index contributed by atoms with van der Waals surface area (Å²) in [4.78, 5) is 12.4. The summed E-state index contributed by atoms with van der Waals surface area (Å²) in [6.45, 7) is 2.73. The van der Waals surface area contributed by atoms with Gasteiger partial charge in [-0.1, -0.05) is 18.2 Å². The van der Waals surface area contributed by atoms with Gasteiger partial charge in [0.15, 0.2) is 10.9 Å². The molecule has 1 aromatic carbocycles. The van der Waals surface area contributed by atoms with Crippen LogP contribution in [-0.4, -0.2) is 41.5 Å². The molecule has 0 bridgehead atoms. The fourth-order valence-corrected chi connectivity index (χ4v) is 3.89. The lowest BCUT2D eigenvalue weighted by Crippen LogP contribution is -2.44. The highest BCUT2D eigenvalue weighted by Crippen LogP contribution is 2.19. The fraction of sp³-hybridized carbons (Fsp3) is 0.333. The summed E-state index contributed by atoms with van der Waals surface area (Å²) in [5, 5.41) is 8.94. The molecular weight excluding hydrogens is 332 g/mol. The zero-order valence-corrected chi connectivity index (χ0v) is 15.0. The van der Waals surface area contributed by atoms with E-state index in [-0.39, 0.29) is 0 Å². The number of imidazole rings is 1. The zero-order valence-electron chi connectivity index (χ0n) is 14.2. The molecule has 0 spiro atoms. The summed E-state index contributed by atoms with van der Waals surface area (Å²) in [6.07, 6.45) is 5.19. The number of nitrogens with zero attached hydrogens (tertiary/aromatic N) is 4. The molecule has 1 fully saturated rings. The molecule has 1 aliphatic rings. The van der Waals surface area contributed by atoms with Crippen LogP contribution in [0.4, 0.5) is 5.69 Å². The van der Waals surface area contributed by atoms with E-state index in [9.17, 15) is 0 Å². The maximum absolute atomic E-state index is 4.59. The third-order valence-corrected chi connectivity index (χ3v) is 5.22. The second-order valence-corrected chi connectivity index (χ2v) is 7.04. The average Bonchev–Trinajstić information content (AvgIpc) is 3.35. The highest BCUT2D eigenvalue weighted by Gasteiger charge is 2.23. The van der Waals surface area contributed by atoms with Crippen molar-refractivity contribution in [3.8, 4) is 0 Å². The number of nitrogens with one attached hydrogen (secondary N) is 2. The van der Waals surface area contributed by atoms with Crippen molar-refractivity contribution in [2.45, 2.75) is 19.0 Å². The van der Waals surface area contributed by atoms with Crippen LogP contribution < -0.4 is 15.5 Å². The Hall–Kier alpha value is -2.54. The molecule has 25 heavy (non-hydrogen) atoms. The number of aliphatic imine (C=N–C) groups is 1. The Balaban J connectivity index is 1.31. The van der Waals surface area contributed by atoms with Gasteiger partial charge in [0.1, 0.15) is 0 Å². The van der Waals surface area contributed by atoms with E-state index in [0.29, 0.717) is 12.6 Å². The van der Waals surface area contributed by atoms with Crippen molar-refractivity contribution < 1.29 is 0 Å². The van der Waals surface area contributed by atoms with Crippen LogP contribution >= 0.6 is 11.3 Å². The first-order chi connectivity index (χ1) is 12.3. The monoisotopic (exact) mass is 354 g/mol. The Morgan fingerprint density at radius 2 is 2.24 bits per heavy atom. The summed E-state index contributed by atoms with van der Waals surface area (Å²) in [6, 6.07) is 11.0. The van der Waals surface area contributed by atoms with Crippen molar-refractivity contribution >= 4 is 27.9 Å². The number of guanidine groups is 1. The molecule has 130 valence electrons. The second-order valence-electron chi connectivity index (χ2n) is 6.16. The number of thiazole rings is 1. The standard InChI is InChI=1S/C18H22N6S/c1-19-17(20-11-15-13-24-9-10-25-18(24)22-15)21-14-7-8-23(12-14)16-5-3-2-4-6-16/h2-6,9-10,13-14H,7-8,11-12H2,1H3,(H2,19,20,21). The largest absolute Gasteiger partial charge is 0.369 e. The molecule has 3 heterocycles. The molecule has 0 amide bonds. The third-order valence-electron chi connectivity index (χ3n) is 4.45. The number of rotatable bonds is 4. The van der Waals surface area contributed by atoms with Crippen LogP contribution in [0.15, 0.2) is 53.1 Å². The summed E-state index contributed by atoms with van der Waals surface area (Å²) in [5.74, 6) is 0.830. The first kappa shape index (κ1) is 16.0. The molecule has 2 aromatic heterocycles. The number of hydrogen-bond acceptors (Lipinski definition) is 4. The topological polar surface area (TPSA) is 57.0 Å². The molecule has 7 heteroatoms. The van der Waals surface area contributed by atoms with E-state index in [0.717, 1.165) is 36.1 Å². The molecular formula is C18H22N6S. The van der Waals surface area contributed by atoms with Crippen LogP contribution in [0.5, 0.6) is 0 Å². The highest BCUT2D eigenvalue weighted by atomic mass is 32.1. The summed E-state index contributed by atoms with van der Waals surface area (Å²) in [7, 11) is 1.81. The molecule has 0 saturated carbocycles. The van der Waals surface area contributed by atoms with Gasteiger partial charge >= 0.3 is 0 Å². The van der Waals surface area contributed by atoms with Crippen molar-refractivity contribution in [2.75, 3.05) is 25.0 Å². The molecule has 1 aliphatic heterocycles. The van der Waals surface area contributed by atoms with Gasteiger partial charge in [0.25, 0.3) is 0 Å². The Labute approximate surface area is 151 Å². The fourth-order valence-electron chi connectivity index (χ4n) is 3.17. The number of aromatic nitrogens is 2. The molecule has 6 nitrogen and oxygen atoms in total. The maximum atomic E-state index is 4.59. The number of anilines is 1. The molecule has 1 atom stereocenters. The molecule has 0 radical (unpaired) electrons. The third kappa shape index (κ3) is 3.61. The smallest absolute Gasteiger partial charge is 0.193 e. The van der Waals surface area contributed by atoms with Crippen molar-refractivity contribution in [2.24, 2.45) is 4.99 Å². The SMILES string of the molecule is CN=C(NCc1cn2ccsc2n1)NC1CCN(c2ccccc2)C1. The van der Waals surface area contributed by atoms with E-state index < -0.39 is 0 Å². The summed E-state index contributed by atoms with van der Waals surface area (Å²) in [5.41, 5.74) is 2.31. The normalized spacial score (nSPS) is 18.0. The van der Waals surface area contributed by atoms with E-state index >= 15 is 0 Å². The zero-order chi connectivity index (χ0) is 17.1. The van der Waals surface area contributed by atoms with E-state index in [2.05, 4.69) is 62.0 Å². The predicted molar refractivity (Wildman–Crippen MR) is 103 cm³/mol. The van der Waals surface area contributed by atoms with Crippen LogP contribution in [0, 0.1) is 0 Å². The first-order valence-corrected chi connectivity index (χ1v) is 9.38. The van der Waals surface area contributed by atoms with Crippen LogP contribution in [-0.2, 0) is 6.54 Å². The molecule has 2 N–H and O–H groups in total. The Morgan fingerprint density at radius 3 is 3.04 bits per heavy atom. The van der Waals surface area contributed by atoms with E-state index in [4.69, 9.17) is 0 Å². The van der Waals surface area contributed by atoms with Crippen molar-refractivity contribution in [1.82, 2.24) is 20.0 Å². The van der Waals surface area contributed by atoms with Crippen LogP contribution in [0.25, 0.3) is 4.96 Å².